The summed E-state index contributed by atoms with van der Waals surface area (Å²) in [5, 5.41) is 0. The summed E-state index contributed by atoms with van der Waals surface area (Å²) in [7, 11) is 0. The first-order valence-corrected chi connectivity index (χ1v) is 7.08. The molecule has 0 N–H and O–H groups in total. The molecule has 0 amide bonds. The van der Waals surface area contributed by atoms with Crippen LogP contribution in [0.1, 0.15) is 17.0 Å². The third kappa shape index (κ3) is 2.95. The van der Waals surface area contributed by atoms with Gasteiger partial charge in [-0.1, -0.05) is 30.3 Å². The van der Waals surface area contributed by atoms with E-state index in [1.165, 1.54) is 11.3 Å². The zero-order valence-corrected chi connectivity index (χ0v) is 12.3. The van der Waals surface area contributed by atoms with E-state index in [0.29, 0.717) is 0 Å². The van der Waals surface area contributed by atoms with Gasteiger partial charge in [0.15, 0.2) is 0 Å². The van der Waals surface area contributed by atoms with Crippen molar-refractivity contribution in [1.29, 1.82) is 0 Å². The maximum atomic E-state index is 4.59. The Morgan fingerprint density at radius 2 is 1.67 bits per heavy atom. The number of para-hydroxylation sites is 1. The van der Waals surface area contributed by atoms with Crippen molar-refractivity contribution in [1.82, 2.24) is 4.57 Å². The van der Waals surface area contributed by atoms with Crippen molar-refractivity contribution in [2.24, 2.45) is 4.99 Å². The van der Waals surface area contributed by atoms with Crippen LogP contribution in [0.3, 0.4) is 0 Å². The molecule has 0 radical (unpaired) electrons. The molecule has 0 bridgehead atoms. The van der Waals surface area contributed by atoms with Crippen molar-refractivity contribution in [3.05, 3.63) is 83.7 Å². The van der Waals surface area contributed by atoms with E-state index in [4.69, 9.17) is 0 Å². The first-order valence-electron chi connectivity index (χ1n) is 7.08. The molecule has 0 aliphatic heterocycles. The van der Waals surface area contributed by atoms with Gasteiger partial charge in [-0.2, -0.15) is 0 Å². The molecular formula is C19H18N2. The van der Waals surface area contributed by atoms with Gasteiger partial charge in [-0.3, -0.25) is 4.99 Å². The molecule has 0 aliphatic carbocycles. The molecule has 0 saturated carbocycles. The second-order valence-electron chi connectivity index (χ2n) is 5.17. The number of benzene rings is 2. The normalized spacial score (nSPS) is 11.1. The largest absolute Gasteiger partial charge is 0.313 e. The molecular weight excluding hydrogens is 256 g/mol. The van der Waals surface area contributed by atoms with Gasteiger partial charge in [-0.25, -0.2) is 0 Å². The van der Waals surface area contributed by atoms with Gasteiger partial charge in [0.05, 0.1) is 17.6 Å². The number of hydrogen-bond acceptors (Lipinski definition) is 1. The van der Waals surface area contributed by atoms with Gasteiger partial charge in [0, 0.05) is 11.4 Å². The average molecular weight is 274 g/mol. The second-order valence-corrected chi connectivity index (χ2v) is 5.17. The number of aryl methyl sites for hydroxylation is 2. The zero-order chi connectivity index (χ0) is 14.7. The molecule has 21 heavy (non-hydrogen) atoms. The lowest BCUT2D eigenvalue weighted by molar-refractivity contribution is 1.01. The SMILES string of the molecule is Cc1cccc(N=Cc2ccc(C)n2-c2ccccc2)c1. The Hall–Kier alpha value is -2.61. The summed E-state index contributed by atoms with van der Waals surface area (Å²) < 4.78 is 2.21. The van der Waals surface area contributed by atoms with Crippen molar-refractivity contribution in [3.8, 4) is 5.69 Å². The van der Waals surface area contributed by atoms with Crippen LogP contribution in [0.4, 0.5) is 5.69 Å². The molecule has 0 atom stereocenters. The highest BCUT2D eigenvalue weighted by Gasteiger charge is 2.04. The van der Waals surface area contributed by atoms with Crippen LogP contribution in [-0.2, 0) is 0 Å². The van der Waals surface area contributed by atoms with Crippen LogP contribution in [0.5, 0.6) is 0 Å². The van der Waals surface area contributed by atoms with Gasteiger partial charge >= 0.3 is 0 Å². The summed E-state index contributed by atoms with van der Waals surface area (Å²) in [6.45, 7) is 4.19. The molecule has 3 aromatic rings. The summed E-state index contributed by atoms with van der Waals surface area (Å²) in [4.78, 5) is 4.59. The topological polar surface area (TPSA) is 17.3 Å². The summed E-state index contributed by atoms with van der Waals surface area (Å²) in [5.41, 5.74) is 5.64. The highest BCUT2D eigenvalue weighted by atomic mass is 15.0. The lowest BCUT2D eigenvalue weighted by Crippen LogP contribution is -2.00. The molecule has 2 nitrogen and oxygen atoms in total. The Bertz CT molecular complexity index is 767. The Labute approximate surface area is 125 Å². The number of aromatic nitrogens is 1. The molecule has 0 fully saturated rings. The van der Waals surface area contributed by atoms with Gasteiger partial charge in [0.25, 0.3) is 0 Å². The van der Waals surface area contributed by atoms with Crippen molar-refractivity contribution < 1.29 is 0 Å². The molecule has 0 unspecified atom stereocenters. The number of aliphatic imine (C=N–C) groups is 1. The van der Waals surface area contributed by atoms with Crippen LogP contribution in [0.25, 0.3) is 5.69 Å². The van der Waals surface area contributed by atoms with E-state index in [-0.39, 0.29) is 0 Å². The first-order chi connectivity index (χ1) is 10.2. The summed E-state index contributed by atoms with van der Waals surface area (Å²) >= 11 is 0. The van der Waals surface area contributed by atoms with Crippen molar-refractivity contribution in [3.63, 3.8) is 0 Å². The van der Waals surface area contributed by atoms with Gasteiger partial charge in [-0.05, 0) is 55.8 Å². The molecule has 0 spiro atoms. The monoisotopic (exact) mass is 274 g/mol. The maximum Gasteiger partial charge on any atom is 0.0641 e. The van der Waals surface area contributed by atoms with Crippen molar-refractivity contribution in [2.75, 3.05) is 0 Å². The quantitative estimate of drug-likeness (QED) is 0.608. The van der Waals surface area contributed by atoms with Crippen LogP contribution >= 0.6 is 0 Å². The van der Waals surface area contributed by atoms with Gasteiger partial charge in [-0.15, -0.1) is 0 Å². The van der Waals surface area contributed by atoms with E-state index in [1.807, 2.05) is 24.4 Å². The molecule has 104 valence electrons. The second kappa shape index (κ2) is 5.80. The number of rotatable bonds is 3. The van der Waals surface area contributed by atoms with Gasteiger partial charge < -0.3 is 4.57 Å². The Kier molecular flexibility index (Phi) is 3.69. The Morgan fingerprint density at radius 1 is 0.857 bits per heavy atom. The van der Waals surface area contributed by atoms with Crippen LogP contribution in [-0.4, -0.2) is 10.8 Å². The third-order valence-corrected chi connectivity index (χ3v) is 3.47. The van der Waals surface area contributed by atoms with E-state index in [1.54, 1.807) is 0 Å². The Balaban J connectivity index is 1.97. The van der Waals surface area contributed by atoms with E-state index < -0.39 is 0 Å². The maximum absolute atomic E-state index is 4.59. The van der Waals surface area contributed by atoms with Gasteiger partial charge in [0.2, 0.25) is 0 Å². The molecule has 0 saturated heterocycles. The van der Waals surface area contributed by atoms with E-state index in [2.05, 4.69) is 71.9 Å². The minimum absolute atomic E-state index is 0.980. The fourth-order valence-corrected chi connectivity index (χ4v) is 2.44. The van der Waals surface area contributed by atoms with Crippen LogP contribution < -0.4 is 0 Å². The minimum Gasteiger partial charge on any atom is -0.313 e. The predicted octanol–water partition coefficient (Wildman–Crippen LogP) is 4.84. The van der Waals surface area contributed by atoms with E-state index >= 15 is 0 Å². The average Bonchev–Trinajstić information content (AvgIpc) is 2.87. The highest BCUT2D eigenvalue weighted by molar-refractivity contribution is 5.81. The summed E-state index contributed by atoms with van der Waals surface area (Å²) in [6.07, 6.45) is 1.93. The first kappa shape index (κ1) is 13.4. The minimum atomic E-state index is 0.980. The summed E-state index contributed by atoms with van der Waals surface area (Å²) in [6, 6.07) is 22.8. The fourth-order valence-electron chi connectivity index (χ4n) is 2.44. The lowest BCUT2D eigenvalue weighted by Gasteiger charge is -2.08. The van der Waals surface area contributed by atoms with Crippen LogP contribution in [0.15, 0.2) is 71.7 Å². The molecule has 1 heterocycles. The Morgan fingerprint density at radius 3 is 2.43 bits per heavy atom. The molecule has 3 rings (SSSR count). The van der Waals surface area contributed by atoms with Crippen LogP contribution in [0, 0.1) is 13.8 Å². The smallest absolute Gasteiger partial charge is 0.0641 e. The summed E-state index contributed by atoms with van der Waals surface area (Å²) in [5.74, 6) is 0. The molecule has 0 aliphatic rings. The van der Waals surface area contributed by atoms with Gasteiger partial charge in [0.1, 0.15) is 0 Å². The van der Waals surface area contributed by atoms with Crippen molar-refractivity contribution >= 4 is 11.9 Å². The number of hydrogen-bond donors (Lipinski definition) is 0. The number of nitrogens with zero attached hydrogens (tertiary/aromatic N) is 2. The fraction of sp³-hybridized carbons (Fsp3) is 0.105. The third-order valence-electron chi connectivity index (χ3n) is 3.47. The molecule has 2 aromatic carbocycles. The predicted molar refractivity (Wildman–Crippen MR) is 88.9 cm³/mol. The van der Waals surface area contributed by atoms with E-state index in [9.17, 15) is 0 Å². The highest BCUT2D eigenvalue weighted by Crippen LogP contribution is 2.17. The van der Waals surface area contributed by atoms with Crippen molar-refractivity contribution in [2.45, 2.75) is 13.8 Å². The van der Waals surface area contributed by atoms with Crippen LogP contribution in [0.2, 0.25) is 0 Å². The van der Waals surface area contributed by atoms with E-state index in [0.717, 1.165) is 17.1 Å². The lowest BCUT2D eigenvalue weighted by atomic mass is 10.2. The molecule has 2 heteroatoms. The molecule has 1 aromatic heterocycles. The standard InChI is InChI=1S/C19H18N2/c1-15-7-6-8-17(13-15)20-14-19-12-11-16(2)21(19)18-9-4-3-5-10-18/h3-14H,1-2H3. The zero-order valence-electron chi connectivity index (χ0n) is 12.3.